The van der Waals surface area contributed by atoms with Crippen LogP contribution in [0.5, 0.6) is 0 Å². The van der Waals surface area contributed by atoms with Gasteiger partial charge in [0.05, 0.1) is 12.7 Å². The van der Waals surface area contributed by atoms with E-state index in [4.69, 9.17) is 4.74 Å². The molecule has 108 valence electrons. The minimum absolute atomic E-state index is 0.0952. The first-order valence-electron chi connectivity index (χ1n) is 7.26. The molecule has 1 aliphatic rings. The van der Waals surface area contributed by atoms with Crippen LogP contribution in [0.3, 0.4) is 0 Å². The number of likely N-dealkylation sites (tertiary alicyclic amines) is 1. The van der Waals surface area contributed by atoms with Crippen molar-refractivity contribution in [1.29, 1.82) is 0 Å². The lowest BCUT2D eigenvalue weighted by Crippen LogP contribution is -2.50. The van der Waals surface area contributed by atoms with E-state index in [0.29, 0.717) is 0 Å². The topological polar surface area (TPSA) is 32.7 Å². The summed E-state index contributed by atoms with van der Waals surface area (Å²) in [7, 11) is 0. The molecule has 0 bridgehead atoms. The van der Waals surface area contributed by atoms with E-state index in [9.17, 15) is 5.11 Å². The smallest absolute Gasteiger partial charge is 0.0793 e. The zero-order chi connectivity index (χ0) is 13.8. The highest BCUT2D eigenvalue weighted by Crippen LogP contribution is 2.24. The Bertz CT molecular complexity index is 548. The summed E-state index contributed by atoms with van der Waals surface area (Å²) in [6.07, 6.45) is 1.94. The van der Waals surface area contributed by atoms with Crippen molar-refractivity contribution in [3.05, 3.63) is 35.2 Å². The molecular weight excluding hydrogens is 270 g/mol. The average molecular weight is 291 g/mol. The van der Waals surface area contributed by atoms with Gasteiger partial charge in [0.15, 0.2) is 0 Å². The SMILES string of the molecule is OC1CN(CCCOCCc2cccc3ccsc23)C1. The zero-order valence-electron chi connectivity index (χ0n) is 11.6. The molecule has 1 aromatic carbocycles. The van der Waals surface area contributed by atoms with Gasteiger partial charge in [-0.2, -0.15) is 0 Å². The van der Waals surface area contributed by atoms with E-state index >= 15 is 0 Å². The summed E-state index contributed by atoms with van der Waals surface area (Å²) in [5.41, 5.74) is 1.39. The van der Waals surface area contributed by atoms with E-state index in [2.05, 4.69) is 34.5 Å². The van der Waals surface area contributed by atoms with Crippen LogP contribution in [0.4, 0.5) is 0 Å². The number of benzene rings is 1. The molecule has 1 N–H and O–H groups in total. The lowest BCUT2D eigenvalue weighted by Gasteiger charge is -2.35. The third kappa shape index (κ3) is 3.38. The fourth-order valence-electron chi connectivity index (χ4n) is 2.65. The molecule has 3 rings (SSSR count). The number of nitrogens with zero attached hydrogens (tertiary/aromatic N) is 1. The van der Waals surface area contributed by atoms with Gasteiger partial charge in [-0.1, -0.05) is 18.2 Å². The average Bonchev–Trinajstić information content (AvgIpc) is 2.89. The molecule has 2 aromatic rings. The quantitative estimate of drug-likeness (QED) is 0.796. The molecule has 2 heterocycles. The van der Waals surface area contributed by atoms with Gasteiger partial charge in [0.1, 0.15) is 0 Å². The number of ether oxygens (including phenoxy) is 1. The van der Waals surface area contributed by atoms with Gasteiger partial charge in [0.25, 0.3) is 0 Å². The Hall–Kier alpha value is -0.940. The molecule has 0 spiro atoms. The van der Waals surface area contributed by atoms with Crippen LogP contribution in [0, 0.1) is 0 Å². The van der Waals surface area contributed by atoms with Crippen LogP contribution in [0.25, 0.3) is 10.1 Å². The largest absolute Gasteiger partial charge is 0.390 e. The molecule has 0 aliphatic carbocycles. The molecular formula is C16H21NO2S. The molecule has 0 unspecified atom stereocenters. The number of aliphatic hydroxyl groups is 1. The van der Waals surface area contributed by atoms with Crippen molar-refractivity contribution < 1.29 is 9.84 Å². The van der Waals surface area contributed by atoms with E-state index < -0.39 is 0 Å². The van der Waals surface area contributed by atoms with Crippen molar-refractivity contribution in [3.63, 3.8) is 0 Å². The van der Waals surface area contributed by atoms with Crippen molar-refractivity contribution in [1.82, 2.24) is 4.90 Å². The Morgan fingerprint density at radius 2 is 2.15 bits per heavy atom. The van der Waals surface area contributed by atoms with Crippen LogP contribution in [0.2, 0.25) is 0 Å². The molecule has 0 radical (unpaired) electrons. The predicted octanol–water partition coefficient (Wildman–Crippen LogP) is 2.53. The maximum Gasteiger partial charge on any atom is 0.0793 e. The van der Waals surface area contributed by atoms with Gasteiger partial charge in [-0.05, 0) is 35.2 Å². The summed E-state index contributed by atoms with van der Waals surface area (Å²) < 4.78 is 7.12. The third-order valence-electron chi connectivity index (χ3n) is 3.78. The summed E-state index contributed by atoms with van der Waals surface area (Å²) >= 11 is 1.81. The summed E-state index contributed by atoms with van der Waals surface area (Å²) in [4.78, 5) is 2.26. The predicted molar refractivity (Wildman–Crippen MR) is 83.4 cm³/mol. The van der Waals surface area contributed by atoms with Gasteiger partial charge in [-0.25, -0.2) is 0 Å². The van der Waals surface area contributed by atoms with Crippen molar-refractivity contribution in [3.8, 4) is 0 Å². The first kappa shape index (κ1) is 14.0. The molecule has 0 saturated carbocycles. The standard InChI is InChI=1S/C16H21NO2S/c18-15-11-17(12-15)7-2-8-19-9-5-13-3-1-4-14-6-10-20-16(13)14/h1,3-4,6,10,15,18H,2,5,7-9,11-12H2. The molecule has 1 aliphatic heterocycles. The van der Waals surface area contributed by atoms with Gasteiger partial charge in [0, 0.05) is 30.9 Å². The van der Waals surface area contributed by atoms with Crippen LogP contribution in [-0.2, 0) is 11.2 Å². The molecule has 3 nitrogen and oxygen atoms in total. The maximum atomic E-state index is 9.18. The van der Waals surface area contributed by atoms with Crippen molar-refractivity contribution in [2.75, 3.05) is 32.8 Å². The fraction of sp³-hybridized carbons (Fsp3) is 0.500. The molecule has 1 aromatic heterocycles. The Kier molecular flexibility index (Phi) is 4.68. The van der Waals surface area contributed by atoms with Gasteiger partial charge < -0.3 is 9.84 Å². The van der Waals surface area contributed by atoms with Crippen LogP contribution in [0.15, 0.2) is 29.6 Å². The van der Waals surface area contributed by atoms with Crippen LogP contribution in [0.1, 0.15) is 12.0 Å². The van der Waals surface area contributed by atoms with Crippen LogP contribution < -0.4 is 0 Å². The highest BCUT2D eigenvalue weighted by Gasteiger charge is 2.22. The highest BCUT2D eigenvalue weighted by atomic mass is 32.1. The number of aliphatic hydroxyl groups excluding tert-OH is 1. The van der Waals surface area contributed by atoms with Gasteiger partial charge >= 0.3 is 0 Å². The Balaban J connectivity index is 1.34. The first-order valence-corrected chi connectivity index (χ1v) is 8.14. The lowest BCUT2D eigenvalue weighted by molar-refractivity contribution is -0.00304. The van der Waals surface area contributed by atoms with E-state index in [-0.39, 0.29) is 6.10 Å². The number of β-amino-alcohol motifs (C(OH)–C–C–N with tert-alkyl or cyclic N) is 1. The number of fused-ring (bicyclic) bond motifs is 1. The van der Waals surface area contributed by atoms with E-state index in [1.165, 1.54) is 15.6 Å². The molecule has 1 saturated heterocycles. The monoisotopic (exact) mass is 291 g/mol. The molecule has 20 heavy (non-hydrogen) atoms. The summed E-state index contributed by atoms with van der Waals surface area (Å²) in [6.45, 7) is 4.31. The first-order chi connectivity index (χ1) is 9.83. The van der Waals surface area contributed by atoms with Crippen molar-refractivity contribution >= 4 is 21.4 Å². The number of hydrogen-bond acceptors (Lipinski definition) is 4. The maximum absolute atomic E-state index is 9.18. The minimum Gasteiger partial charge on any atom is -0.390 e. The minimum atomic E-state index is -0.0952. The van der Waals surface area contributed by atoms with E-state index in [0.717, 1.165) is 45.7 Å². The van der Waals surface area contributed by atoms with Crippen molar-refractivity contribution in [2.45, 2.75) is 18.9 Å². The summed E-state index contributed by atoms with van der Waals surface area (Å²) in [5, 5.41) is 12.7. The zero-order valence-corrected chi connectivity index (χ0v) is 12.4. The van der Waals surface area contributed by atoms with E-state index in [1.807, 2.05) is 11.3 Å². The van der Waals surface area contributed by atoms with Crippen LogP contribution in [-0.4, -0.2) is 49.0 Å². The second kappa shape index (κ2) is 6.68. The number of thiophene rings is 1. The Morgan fingerprint density at radius 1 is 1.25 bits per heavy atom. The second-order valence-corrected chi connectivity index (χ2v) is 6.30. The summed E-state index contributed by atoms with van der Waals surface area (Å²) in [6, 6.07) is 8.66. The molecule has 0 atom stereocenters. The van der Waals surface area contributed by atoms with Gasteiger partial charge in [-0.15, -0.1) is 11.3 Å². The number of rotatable bonds is 7. The van der Waals surface area contributed by atoms with E-state index in [1.54, 1.807) is 0 Å². The Labute approximate surface area is 123 Å². The fourth-order valence-corrected chi connectivity index (χ4v) is 3.60. The van der Waals surface area contributed by atoms with Gasteiger partial charge in [0.2, 0.25) is 0 Å². The summed E-state index contributed by atoms with van der Waals surface area (Å²) in [5.74, 6) is 0. The van der Waals surface area contributed by atoms with Crippen molar-refractivity contribution in [2.24, 2.45) is 0 Å². The Morgan fingerprint density at radius 3 is 3.00 bits per heavy atom. The second-order valence-electron chi connectivity index (χ2n) is 5.39. The molecule has 4 heteroatoms. The molecule has 0 amide bonds. The molecule has 1 fully saturated rings. The van der Waals surface area contributed by atoms with Crippen LogP contribution >= 0.6 is 11.3 Å². The van der Waals surface area contributed by atoms with Gasteiger partial charge in [-0.3, -0.25) is 4.90 Å². The third-order valence-corrected chi connectivity index (χ3v) is 4.78. The lowest BCUT2D eigenvalue weighted by atomic mass is 10.1. The highest BCUT2D eigenvalue weighted by molar-refractivity contribution is 7.17. The number of hydrogen-bond donors (Lipinski definition) is 1. The normalized spacial score (nSPS) is 16.6.